The van der Waals surface area contributed by atoms with E-state index in [1.807, 2.05) is 0 Å². The van der Waals surface area contributed by atoms with Crippen LogP contribution in [0, 0.1) is 0 Å². The summed E-state index contributed by atoms with van der Waals surface area (Å²) in [6, 6.07) is 4.93. The molecule has 0 saturated carbocycles. The summed E-state index contributed by atoms with van der Waals surface area (Å²) in [4.78, 5) is 41.0. The fraction of sp³-hybridized carbons (Fsp3) is 0.222. The second-order valence-electron chi connectivity index (χ2n) is 4.25. The number of aromatic nitrogens is 2. The summed E-state index contributed by atoms with van der Waals surface area (Å²) >= 11 is 0. The standard InChI is InChI=1S/C9H12N2O7P2.H2O/c12-9(19(13,14)15,20(16,17)18)5-7-6-10-8-3-1-2-4-11(7)8;/h1-4,6,12H,5H2,(H4,13,14,15,16,17,18);1H2. The van der Waals surface area contributed by atoms with Crippen molar-refractivity contribution < 1.29 is 43.7 Å². The number of nitrogens with one attached hydrogen (secondary N) is 1. The minimum Gasteiger partial charge on any atom is -0.776 e. The van der Waals surface area contributed by atoms with Gasteiger partial charge in [-0.2, -0.15) is 4.40 Å². The zero-order valence-corrected chi connectivity index (χ0v) is 12.2. The molecule has 0 aliphatic heterocycles. The van der Waals surface area contributed by atoms with Gasteiger partial charge in [0, 0.05) is 6.07 Å². The van der Waals surface area contributed by atoms with Gasteiger partial charge < -0.3 is 34.7 Å². The lowest BCUT2D eigenvalue weighted by Crippen LogP contribution is -2.39. The third-order valence-corrected chi connectivity index (χ3v) is 6.59. The first kappa shape index (κ1) is 18.0. The molecule has 2 aromatic rings. The number of aromatic amines is 1. The maximum absolute atomic E-state index is 11.3. The van der Waals surface area contributed by atoms with Crippen LogP contribution in [-0.2, 0) is 15.6 Å². The Hall–Kier alpha value is -1.09. The van der Waals surface area contributed by atoms with Crippen molar-refractivity contribution in [3.05, 3.63) is 36.3 Å². The van der Waals surface area contributed by atoms with Gasteiger partial charge in [0.25, 0.3) is 5.65 Å². The van der Waals surface area contributed by atoms with Crippen molar-refractivity contribution in [1.29, 1.82) is 0 Å². The lowest BCUT2D eigenvalue weighted by atomic mass is 10.3. The summed E-state index contributed by atoms with van der Waals surface area (Å²) in [6.07, 6.45) is 1.82. The molecule has 1 unspecified atom stereocenters. The largest absolute Gasteiger partial charge is 0.776 e. The monoisotopic (exact) mass is 340 g/mol. The molecule has 0 fully saturated rings. The molecule has 2 aromatic heterocycles. The molecule has 0 bridgehead atoms. The Morgan fingerprint density at radius 3 is 2.43 bits per heavy atom. The molecule has 12 heteroatoms. The number of H-pyrrole nitrogens is 1. The first-order valence-electron chi connectivity index (χ1n) is 5.35. The van der Waals surface area contributed by atoms with Gasteiger partial charge in [0.2, 0.25) is 5.08 Å². The van der Waals surface area contributed by atoms with E-state index in [-0.39, 0.29) is 11.2 Å². The van der Waals surface area contributed by atoms with Crippen LogP contribution in [0.3, 0.4) is 0 Å². The van der Waals surface area contributed by atoms with Crippen LogP contribution in [0.5, 0.6) is 0 Å². The summed E-state index contributed by atoms with van der Waals surface area (Å²) < 4.78 is 23.8. The molecule has 2 rings (SSSR count). The van der Waals surface area contributed by atoms with E-state index in [1.165, 1.54) is 16.8 Å². The number of nitrogens with zero attached hydrogens (tertiary/aromatic N) is 1. The fourth-order valence-electron chi connectivity index (χ4n) is 1.78. The van der Waals surface area contributed by atoms with E-state index in [0.717, 1.165) is 0 Å². The quantitative estimate of drug-likeness (QED) is 0.309. The van der Waals surface area contributed by atoms with Crippen molar-refractivity contribution in [3.63, 3.8) is 0 Å². The summed E-state index contributed by atoms with van der Waals surface area (Å²) in [7, 11) is -11.2. The highest BCUT2D eigenvalue weighted by atomic mass is 31.2. The van der Waals surface area contributed by atoms with Gasteiger partial charge in [-0.1, -0.05) is 6.07 Å². The van der Waals surface area contributed by atoms with Crippen molar-refractivity contribution in [2.45, 2.75) is 11.5 Å². The Labute approximate surface area is 118 Å². The Balaban J connectivity index is 0.00000220. The molecular formula is C9H14N2O8P2. The van der Waals surface area contributed by atoms with E-state index >= 15 is 0 Å². The van der Waals surface area contributed by atoms with Gasteiger partial charge in [-0.3, -0.25) is 4.57 Å². The molecule has 2 atom stereocenters. The molecule has 0 spiro atoms. The zero-order chi connectivity index (χ0) is 15.2. The normalized spacial score (nSPS) is 17.8. The second-order valence-corrected chi connectivity index (χ2v) is 8.21. The number of imidazole rings is 1. The molecule has 0 radical (unpaired) electrons. The van der Waals surface area contributed by atoms with Crippen LogP contribution in [0.4, 0.5) is 0 Å². The van der Waals surface area contributed by atoms with Crippen molar-refractivity contribution in [1.82, 2.24) is 4.98 Å². The topological polar surface area (TPSA) is 190 Å². The van der Waals surface area contributed by atoms with Crippen molar-refractivity contribution in [2.24, 2.45) is 0 Å². The summed E-state index contributed by atoms with van der Waals surface area (Å²) in [5.74, 6) is 0. The predicted molar refractivity (Wildman–Crippen MR) is 68.1 cm³/mol. The SMILES string of the molecule is O.O=P([O-])(O)[C@](O)(Cc1c[nH]c2cccc[n+]12)P(=O)(O)O. The lowest BCUT2D eigenvalue weighted by Gasteiger charge is -2.35. The van der Waals surface area contributed by atoms with Crippen LogP contribution >= 0.6 is 15.2 Å². The third-order valence-electron chi connectivity index (χ3n) is 2.89. The molecule has 118 valence electrons. The van der Waals surface area contributed by atoms with E-state index in [9.17, 15) is 19.1 Å². The Kier molecular flexibility index (Phi) is 4.79. The van der Waals surface area contributed by atoms with Crippen molar-refractivity contribution >= 4 is 20.8 Å². The molecule has 0 aliphatic rings. The first-order chi connectivity index (χ1) is 9.06. The predicted octanol–water partition coefficient (Wildman–Crippen LogP) is -2.16. The maximum Gasteiger partial charge on any atom is 0.366 e. The van der Waals surface area contributed by atoms with E-state index in [0.29, 0.717) is 5.65 Å². The second kappa shape index (κ2) is 5.60. The van der Waals surface area contributed by atoms with E-state index in [2.05, 4.69) is 4.98 Å². The highest BCUT2D eigenvalue weighted by molar-refractivity contribution is 7.71. The third kappa shape index (κ3) is 3.08. The minimum atomic E-state index is -5.71. The first-order valence-corrected chi connectivity index (χ1v) is 8.54. The van der Waals surface area contributed by atoms with Gasteiger partial charge in [0.15, 0.2) is 13.3 Å². The molecular weight excluding hydrogens is 326 g/mol. The molecule has 0 aliphatic carbocycles. The van der Waals surface area contributed by atoms with Crippen LogP contribution in [0.1, 0.15) is 5.69 Å². The summed E-state index contributed by atoms with van der Waals surface area (Å²) in [5, 5.41) is 6.23. The average Bonchev–Trinajstić information content (AvgIpc) is 2.70. The van der Waals surface area contributed by atoms with Gasteiger partial charge in [0.05, 0.1) is 12.6 Å². The van der Waals surface area contributed by atoms with Crippen molar-refractivity contribution in [3.8, 4) is 0 Å². The van der Waals surface area contributed by atoms with Gasteiger partial charge >= 0.3 is 7.60 Å². The van der Waals surface area contributed by atoms with Crippen molar-refractivity contribution in [2.75, 3.05) is 0 Å². The highest BCUT2D eigenvalue weighted by Gasteiger charge is 2.54. The highest BCUT2D eigenvalue weighted by Crippen LogP contribution is 2.66. The number of hydrogen-bond acceptors (Lipinski definition) is 4. The Bertz CT molecular complexity index is 710. The van der Waals surface area contributed by atoms with E-state index in [4.69, 9.17) is 14.7 Å². The number of hydrogen-bond donors (Lipinski definition) is 5. The number of fused-ring (bicyclic) bond motifs is 1. The van der Waals surface area contributed by atoms with E-state index in [1.54, 1.807) is 18.2 Å². The van der Waals surface area contributed by atoms with Gasteiger partial charge in [-0.05, 0) is 6.07 Å². The summed E-state index contributed by atoms with van der Waals surface area (Å²) in [6.45, 7) is 0. The van der Waals surface area contributed by atoms with Crippen LogP contribution in [0.2, 0.25) is 0 Å². The molecule has 7 N–H and O–H groups in total. The number of pyridine rings is 1. The zero-order valence-electron chi connectivity index (χ0n) is 10.4. The molecule has 21 heavy (non-hydrogen) atoms. The number of aliphatic hydroxyl groups is 1. The molecule has 10 nitrogen and oxygen atoms in total. The molecule has 0 amide bonds. The number of rotatable bonds is 4. The van der Waals surface area contributed by atoms with Gasteiger partial charge in [0.1, 0.15) is 6.20 Å². The molecule has 2 heterocycles. The van der Waals surface area contributed by atoms with Gasteiger partial charge in [-0.15, -0.1) is 0 Å². The minimum absolute atomic E-state index is 0. The van der Waals surface area contributed by atoms with Gasteiger partial charge in [-0.25, -0.2) is 4.98 Å². The smallest absolute Gasteiger partial charge is 0.366 e. The maximum atomic E-state index is 11.3. The lowest BCUT2D eigenvalue weighted by molar-refractivity contribution is -0.520. The van der Waals surface area contributed by atoms with E-state index < -0.39 is 26.7 Å². The molecule has 0 saturated heterocycles. The molecule has 0 aromatic carbocycles. The van der Waals surface area contributed by atoms with Crippen LogP contribution < -0.4 is 9.29 Å². The Morgan fingerprint density at radius 1 is 1.29 bits per heavy atom. The average molecular weight is 340 g/mol. The Morgan fingerprint density at radius 2 is 1.90 bits per heavy atom. The summed E-state index contributed by atoms with van der Waals surface area (Å²) in [5.41, 5.74) is 0.603. The van der Waals surface area contributed by atoms with Crippen LogP contribution in [-0.4, -0.2) is 35.3 Å². The van der Waals surface area contributed by atoms with Crippen LogP contribution in [0.15, 0.2) is 30.6 Å². The fourth-order valence-corrected chi connectivity index (χ4v) is 3.83. The van der Waals surface area contributed by atoms with Crippen LogP contribution in [0.25, 0.3) is 5.65 Å².